The Morgan fingerprint density at radius 1 is 1.19 bits per heavy atom. The van der Waals surface area contributed by atoms with Gasteiger partial charge in [0.25, 0.3) is 0 Å². The van der Waals surface area contributed by atoms with Gasteiger partial charge in [0.15, 0.2) is 5.96 Å². The molecule has 1 fully saturated rings. The molecule has 3 N–H and O–H groups in total. The van der Waals surface area contributed by atoms with Crippen molar-refractivity contribution in [3.05, 3.63) is 0 Å². The van der Waals surface area contributed by atoms with Gasteiger partial charge in [-0.05, 0) is 40.0 Å². The Morgan fingerprint density at radius 3 is 2.54 bits per heavy atom. The highest BCUT2D eigenvalue weighted by Crippen LogP contribution is 2.10. The quantitative estimate of drug-likeness (QED) is 0.162. The fourth-order valence-corrected chi connectivity index (χ4v) is 2.55. The van der Waals surface area contributed by atoms with Gasteiger partial charge in [0, 0.05) is 39.1 Å². The number of rotatable bonds is 10. The van der Waals surface area contributed by atoms with E-state index in [-0.39, 0.29) is 29.9 Å². The summed E-state index contributed by atoms with van der Waals surface area (Å²) in [7, 11) is 0. The zero-order valence-corrected chi connectivity index (χ0v) is 18.9. The van der Waals surface area contributed by atoms with Crippen LogP contribution in [0.3, 0.4) is 0 Å². The largest absolute Gasteiger partial charge is 0.460 e. The Labute approximate surface area is 175 Å². The molecule has 0 atom stereocenters. The van der Waals surface area contributed by atoms with E-state index in [2.05, 4.69) is 15.2 Å². The molecule has 0 aromatic heterocycles. The molecule has 0 radical (unpaired) electrons. The summed E-state index contributed by atoms with van der Waals surface area (Å²) in [5.74, 6) is 0.385. The summed E-state index contributed by atoms with van der Waals surface area (Å²) in [4.78, 5) is 18.3. The Morgan fingerprint density at radius 2 is 1.88 bits per heavy atom. The number of esters is 1. The van der Waals surface area contributed by atoms with Crippen LogP contribution in [0.4, 0.5) is 0 Å². The van der Waals surface area contributed by atoms with E-state index < -0.39 is 5.60 Å². The fourth-order valence-electron chi connectivity index (χ4n) is 2.55. The molecule has 154 valence electrons. The van der Waals surface area contributed by atoms with Crippen molar-refractivity contribution in [1.29, 1.82) is 0 Å². The van der Waals surface area contributed by atoms with Gasteiger partial charge in [-0.1, -0.05) is 6.42 Å². The lowest BCUT2D eigenvalue weighted by molar-refractivity contribution is -0.154. The van der Waals surface area contributed by atoms with Crippen molar-refractivity contribution in [3.63, 3.8) is 0 Å². The third-order valence-corrected chi connectivity index (χ3v) is 3.80. The molecule has 26 heavy (non-hydrogen) atoms. The lowest BCUT2D eigenvalue weighted by atomic mass is 10.1. The average Bonchev–Trinajstić information content (AvgIpc) is 2.54. The van der Waals surface area contributed by atoms with Gasteiger partial charge in [-0.25, -0.2) is 0 Å². The Balaban J connectivity index is 0.00000625. The first-order valence-corrected chi connectivity index (χ1v) is 9.42. The average molecular weight is 484 g/mol. The molecule has 1 saturated heterocycles. The standard InChI is InChI=1S/C18H36N4O3.HI/c1-18(2,3)25-16(23)8-5-4-6-9-20-17(19)21-10-7-11-22-12-14-24-15-13-22;/h4-15H2,1-3H3,(H3,19,20,21);1H. The van der Waals surface area contributed by atoms with Crippen LogP contribution in [0.1, 0.15) is 52.9 Å². The van der Waals surface area contributed by atoms with Gasteiger partial charge in [0.2, 0.25) is 0 Å². The maximum atomic E-state index is 11.6. The molecule has 0 amide bonds. The minimum atomic E-state index is -0.397. The summed E-state index contributed by atoms with van der Waals surface area (Å²) < 4.78 is 10.6. The highest BCUT2D eigenvalue weighted by molar-refractivity contribution is 14.0. The van der Waals surface area contributed by atoms with Gasteiger partial charge >= 0.3 is 5.97 Å². The Kier molecular flexibility index (Phi) is 14.1. The molecule has 0 aromatic rings. The summed E-state index contributed by atoms with van der Waals surface area (Å²) in [6.45, 7) is 11.9. The van der Waals surface area contributed by atoms with Crippen molar-refractivity contribution in [2.24, 2.45) is 10.7 Å². The molecule has 1 rings (SSSR count). The van der Waals surface area contributed by atoms with Crippen LogP contribution in [0.2, 0.25) is 0 Å². The van der Waals surface area contributed by atoms with Gasteiger partial charge in [-0.2, -0.15) is 0 Å². The molecule has 0 spiro atoms. The second-order valence-corrected chi connectivity index (χ2v) is 7.40. The van der Waals surface area contributed by atoms with Crippen LogP contribution in [-0.2, 0) is 14.3 Å². The van der Waals surface area contributed by atoms with Crippen molar-refractivity contribution in [1.82, 2.24) is 10.2 Å². The number of carbonyl (C=O) groups excluding carboxylic acids is 1. The maximum Gasteiger partial charge on any atom is 0.306 e. The van der Waals surface area contributed by atoms with Gasteiger partial charge < -0.3 is 20.5 Å². The van der Waals surface area contributed by atoms with Crippen LogP contribution in [0.5, 0.6) is 0 Å². The highest BCUT2D eigenvalue weighted by atomic mass is 127. The lowest BCUT2D eigenvalue weighted by Gasteiger charge is -2.26. The second kappa shape index (κ2) is 14.4. The first-order valence-electron chi connectivity index (χ1n) is 9.42. The molecule has 1 heterocycles. The van der Waals surface area contributed by atoms with Gasteiger partial charge in [-0.15, -0.1) is 24.0 Å². The number of aliphatic imine (C=N–C) groups is 1. The third-order valence-electron chi connectivity index (χ3n) is 3.80. The van der Waals surface area contributed by atoms with E-state index in [1.807, 2.05) is 20.8 Å². The number of nitrogens with one attached hydrogen (secondary N) is 1. The number of unbranched alkanes of at least 4 members (excludes halogenated alkanes) is 2. The molecule has 1 aliphatic heterocycles. The molecular weight excluding hydrogens is 447 g/mol. The molecule has 0 aromatic carbocycles. The van der Waals surface area contributed by atoms with E-state index in [0.717, 1.165) is 71.6 Å². The molecule has 8 heteroatoms. The molecule has 0 saturated carbocycles. The summed E-state index contributed by atoms with van der Waals surface area (Å²) in [5.41, 5.74) is 5.46. The van der Waals surface area contributed by atoms with E-state index in [1.54, 1.807) is 0 Å². The van der Waals surface area contributed by atoms with Crippen LogP contribution in [0, 0.1) is 0 Å². The normalized spacial score (nSPS) is 16.0. The number of nitrogens with two attached hydrogens (primary N) is 1. The summed E-state index contributed by atoms with van der Waals surface area (Å²) in [6.07, 6.45) is 4.26. The van der Waals surface area contributed by atoms with Crippen molar-refractivity contribution in [2.75, 3.05) is 45.9 Å². The topological polar surface area (TPSA) is 89.2 Å². The van der Waals surface area contributed by atoms with E-state index in [4.69, 9.17) is 15.2 Å². The van der Waals surface area contributed by atoms with Gasteiger partial charge in [0.1, 0.15) is 5.60 Å². The Bertz CT molecular complexity index is 408. The van der Waals surface area contributed by atoms with Crippen LogP contribution in [-0.4, -0.2) is 68.4 Å². The number of guanidine groups is 1. The van der Waals surface area contributed by atoms with Crippen LogP contribution in [0.15, 0.2) is 4.99 Å². The molecule has 0 bridgehead atoms. The van der Waals surface area contributed by atoms with Crippen molar-refractivity contribution in [3.8, 4) is 0 Å². The van der Waals surface area contributed by atoms with Gasteiger partial charge in [0.05, 0.1) is 13.2 Å². The molecule has 0 aliphatic carbocycles. The second-order valence-electron chi connectivity index (χ2n) is 7.40. The highest BCUT2D eigenvalue weighted by Gasteiger charge is 2.15. The number of carbonyl (C=O) groups is 1. The smallest absolute Gasteiger partial charge is 0.306 e. The number of ether oxygens (including phenoxy) is 2. The van der Waals surface area contributed by atoms with Crippen molar-refractivity contribution < 1.29 is 14.3 Å². The zero-order chi connectivity index (χ0) is 18.5. The lowest BCUT2D eigenvalue weighted by Crippen LogP contribution is -2.37. The number of hydrogen-bond donors (Lipinski definition) is 2. The Hall–Kier alpha value is -0.610. The first-order chi connectivity index (χ1) is 11.9. The van der Waals surface area contributed by atoms with E-state index >= 15 is 0 Å². The predicted octanol–water partition coefficient (Wildman–Crippen LogP) is 2.13. The van der Waals surface area contributed by atoms with E-state index in [1.165, 1.54) is 0 Å². The zero-order valence-electron chi connectivity index (χ0n) is 16.6. The first kappa shape index (κ1) is 25.4. The summed E-state index contributed by atoms with van der Waals surface area (Å²) in [6, 6.07) is 0. The van der Waals surface area contributed by atoms with E-state index in [9.17, 15) is 4.79 Å². The summed E-state index contributed by atoms with van der Waals surface area (Å²) >= 11 is 0. The van der Waals surface area contributed by atoms with E-state index in [0.29, 0.717) is 12.4 Å². The fraction of sp³-hybridized carbons (Fsp3) is 0.889. The molecule has 1 aliphatic rings. The van der Waals surface area contributed by atoms with Gasteiger partial charge in [-0.3, -0.25) is 14.7 Å². The maximum absolute atomic E-state index is 11.6. The predicted molar refractivity (Wildman–Crippen MR) is 116 cm³/mol. The minimum Gasteiger partial charge on any atom is -0.460 e. The van der Waals surface area contributed by atoms with Crippen molar-refractivity contribution >= 4 is 35.9 Å². The van der Waals surface area contributed by atoms with Crippen molar-refractivity contribution in [2.45, 2.75) is 58.5 Å². The van der Waals surface area contributed by atoms with Crippen LogP contribution < -0.4 is 11.1 Å². The molecule has 7 nitrogen and oxygen atoms in total. The molecule has 0 unspecified atom stereocenters. The summed E-state index contributed by atoms with van der Waals surface area (Å²) in [5, 5.41) is 3.13. The number of halogens is 1. The SMILES string of the molecule is CC(C)(C)OC(=O)CCCCCNC(N)=NCCCN1CCOCC1.I. The number of morpholine rings is 1. The van der Waals surface area contributed by atoms with Crippen LogP contribution in [0.25, 0.3) is 0 Å². The number of nitrogens with zero attached hydrogens (tertiary/aromatic N) is 2. The molecular formula is C18H37IN4O3. The monoisotopic (exact) mass is 484 g/mol. The minimum absolute atomic E-state index is 0. The number of hydrogen-bond acceptors (Lipinski definition) is 5. The van der Waals surface area contributed by atoms with Crippen LogP contribution >= 0.6 is 24.0 Å². The third kappa shape index (κ3) is 14.5.